The average molecular weight is 291 g/mol. The molecule has 20 heavy (non-hydrogen) atoms. The highest BCUT2D eigenvalue weighted by Gasteiger charge is 2.08. The van der Waals surface area contributed by atoms with Crippen molar-refractivity contribution in [2.45, 2.75) is 31.4 Å². The molecule has 0 saturated heterocycles. The van der Waals surface area contributed by atoms with Gasteiger partial charge in [-0.3, -0.25) is 0 Å². The van der Waals surface area contributed by atoms with E-state index < -0.39 is 0 Å². The summed E-state index contributed by atoms with van der Waals surface area (Å²) in [6.07, 6.45) is 4.90. The van der Waals surface area contributed by atoms with E-state index in [-0.39, 0.29) is 0 Å². The van der Waals surface area contributed by atoms with E-state index in [0.29, 0.717) is 6.61 Å². The van der Waals surface area contributed by atoms with Crippen molar-refractivity contribution in [1.82, 2.24) is 5.32 Å². The number of benzene rings is 1. The molecule has 0 saturated carbocycles. The van der Waals surface area contributed by atoms with Crippen molar-refractivity contribution in [2.75, 3.05) is 12.8 Å². The van der Waals surface area contributed by atoms with Crippen molar-refractivity contribution in [3.63, 3.8) is 0 Å². The lowest BCUT2D eigenvalue weighted by Gasteiger charge is -2.10. The lowest BCUT2D eigenvalue weighted by atomic mass is 10.2. The molecule has 0 unspecified atom stereocenters. The smallest absolute Gasteiger partial charge is 0.133 e. The minimum Gasteiger partial charge on any atom is -0.488 e. The molecule has 0 radical (unpaired) electrons. The number of nitrogens with one attached hydrogen (secondary N) is 1. The third kappa shape index (κ3) is 4.05. The fourth-order valence-electron chi connectivity index (χ4n) is 1.92. The number of furan rings is 1. The lowest BCUT2D eigenvalue weighted by molar-refractivity contribution is 0.294. The number of para-hydroxylation sites is 1. The number of rotatable bonds is 8. The van der Waals surface area contributed by atoms with Crippen LogP contribution in [0.15, 0.2) is 45.9 Å². The number of hydrogen-bond donors (Lipinski definition) is 1. The van der Waals surface area contributed by atoms with Gasteiger partial charge in [-0.15, -0.1) is 11.8 Å². The van der Waals surface area contributed by atoms with E-state index in [9.17, 15) is 0 Å². The number of hydrogen-bond acceptors (Lipinski definition) is 4. The van der Waals surface area contributed by atoms with E-state index in [1.165, 1.54) is 0 Å². The Hall–Kier alpha value is -1.39. The van der Waals surface area contributed by atoms with Gasteiger partial charge in [-0.05, 0) is 37.4 Å². The predicted octanol–water partition coefficient (Wildman–Crippen LogP) is 4.08. The quantitative estimate of drug-likeness (QED) is 0.587. The highest BCUT2D eigenvalue weighted by atomic mass is 32.2. The third-order valence-electron chi connectivity index (χ3n) is 3.00. The summed E-state index contributed by atoms with van der Waals surface area (Å²) in [5, 5.41) is 3.35. The standard InChI is InChI=1S/C16H21NO2S/c1-3-9-17-11-15-13(8-10-18-15)12-19-14-6-4-5-7-16(14)20-2/h4-8,10,17H,3,9,11-12H2,1-2H3. The summed E-state index contributed by atoms with van der Waals surface area (Å²) < 4.78 is 11.4. The van der Waals surface area contributed by atoms with Crippen molar-refractivity contribution < 1.29 is 9.15 Å². The van der Waals surface area contributed by atoms with Crippen LogP contribution in [0.5, 0.6) is 5.75 Å². The second kappa shape index (κ2) is 8.02. The summed E-state index contributed by atoms with van der Waals surface area (Å²) in [5.74, 6) is 1.88. The largest absolute Gasteiger partial charge is 0.488 e. The second-order valence-corrected chi connectivity index (χ2v) is 5.33. The average Bonchev–Trinajstić information content (AvgIpc) is 2.93. The van der Waals surface area contributed by atoms with Gasteiger partial charge in [0.2, 0.25) is 0 Å². The van der Waals surface area contributed by atoms with Crippen LogP contribution in [0, 0.1) is 0 Å². The highest BCUT2D eigenvalue weighted by Crippen LogP contribution is 2.28. The molecule has 4 heteroatoms. The minimum atomic E-state index is 0.539. The number of ether oxygens (including phenoxy) is 1. The molecule has 0 amide bonds. The molecule has 0 spiro atoms. The first kappa shape index (κ1) is 15.0. The monoisotopic (exact) mass is 291 g/mol. The van der Waals surface area contributed by atoms with E-state index in [4.69, 9.17) is 9.15 Å². The van der Waals surface area contributed by atoms with Crippen LogP contribution < -0.4 is 10.1 Å². The first-order valence-corrected chi connectivity index (χ1v) is 8.09. The molecule has 2 rings (SSSR count). The van der Waals surface area contributed by atoms with E-state index in [1.54, 1.807) is 18.0 Å². The van der Waals surface area contributed by atoms with Gasteiger partial charge in [0.15, 0.2) is 0 Å². The van der Waals surface area contributed by atoms with Gasteiger partial charge in [-0.2, -0.15) is 0 Å². The Balaban J connectivity index is 1.95. The molecule has 1 N–H and O–H groups in total. The SMILES string of the molecule is CCCNCc1occc1COc1ccccc1SC. The summed E-state index contributed by atoms with van der Waals surface area (Å²) in [6.45, 7) is 4.44. The van der Waals surface area contributed by atoms with Crippen LogP contribution in [-0.2, 0) is 13.2 Å². The van der Waals surface area contributed by atoms with Crippen molar-refractivity contribution in [3.8, 4) is 5.75 Å². The molecule has 1 heterocycles. The molecule has 0 bridgehead atoms. The Morgan fingerprint density at radius 1 is 1.25 bits per heavy atom. The molecule has 0 aliphatic carbocycles. The minimum absolute atomic E-state index is 0.539. The second-order valence-electron chi connectivity index (χ2n) is 4.49. The van der Waals surface area contributed by atoms with Crippen LogP contribution in [0.3, 0.4) is 0 Å². The molecular weight excluding hydrogens is 270 g/mol. The molecule has 2 aromatic rings. The van der Waals surface area contributed by atoms with Crippen LogP contribution >= 0.6 is 11.8 Å². The maximum Gasteiger partial charge on any atom is 0.133 e. The van der Waals surface area contributed by atoms with Gasteiger partial charge in [0.25, 0.3) is 0 Å². The van der Waals surface area contributed by atoms with Crippen LogP contribution in [0.1, 0.15) is 24.7 Å². The molecular formula is C16H21NO2S. The maximum atomic E-state index is 5.91. The van der Waals surface area contributed by atoms with Gasteiger partial charge >= 0.3 is 0 Å². The van der Waals surface area contributed by atoms with E-state index >= 15 is 0 Å². The van der Waals surface area contributed by atoms with Crippen LogP contribution in [0.2, 0.25) is 0 Å². The summed E-state index contributed by atoms with van der Waals surface area (Å²) in [5.41, 5.74) is 1.10. The Labute approximate surface area is 124 Å². The van der Waals surface area contributed by atoms with Crippen molar-refractivity contribution in [2.24, 2.45) is 0 Å². The van der Waals surface area contributed by atoms with Crippen molar-refractivity contribution in [1.29, 1.82) is 0 Å². The Kier molecular flexibility index (Phi) is 6.02. The van der Waals surface area contributed by atoms with Crippen LogP contribution in [0.25, 0.3) is 0 Å². The highest BCUT2D eigenvalue weighted by molar-refractivity contribution is 7.98. The normalized spacial score (nSPS) is 10.7. The fourth-order valence-corrected chi connectivity index (χ4v) is 2.47. The maximum absolute atomic E-state index is 5.91. The van der Waals surface area contributed by atoms with Crippen LogP contribution in [-0.4, -0.2) is 12.8 Å². The van der Waals surface area contributed by atoms with Crippen LogP contribution in [0.4, 0.5) is 0 Å². The number of thioether (sulfide) groups is 1. The molecule has 1 aromatic heterocycles. The molecule has 1 aromatic carbocycles. The van der Waals surface area contributed by atoms with Crippen molar-refractivity contribution in [3.05, 3.63) is 47.9 Å². The van der Waals surface area contributed by atoms with Gasteiger partial charge in [0.05, 0.1) is 12.8 Å². The van der Waals surface area contributed by atoms with E-state index in [1.807, 2.05) is 24.3 Å². The van der Waals surface area contributed by atoms with Crippen molar-refractivity contribution >= 4 is 11.8 Å². The summed E-state index contributed by atoms with van der Waals surface area (Å²) in [6, 6.07) is 10.1. The fraction of sp³-hybridized carbons (Fsp3) is 0.375. The Bertz CT molecular complexity index is 525. The van der Waals surface area contributed by atoms with Gasteiger partial charge in [0.1, 0.15) is 18.1 Å². The summed E-state index contributed by atoms with van der Waals surface area (Å²) in [7, 11) is 0. The predicted molar refractivity (Wildman–Crippen MR) is 83.3 cm³/mol. The van der Waals surface area contributed by atoms with Gasteiger partial charge in [0, 0.05) is 10.5 Å². The first-order chi connectivity index (χ1) is 9.85. The van der Waals surface area contributed by atoms with E-state index in [0.717, 1.165) is 41.5 Å². The van der Waals surface area contributed by atoms with Gasteiger partial charge in [-0.1, -0.05) is 19.1 Å². The molecule has 0 aliphatic rings. The zero-order valence-electron chi connectivity index (χ0n) is 12.0. The molecule has 3 nitrogen and oxygen atoms in total. The zero-order chi connectivity index (χ0) is 14.2. The zero-order valence-corrected chi connectivity index (χ0v) is 12.8. The Morgan fingerprint density at radius 2 is 2.10 bits per heavy atom. The lowest BCUT2D eigenvalue weighted by Crippen LogP contribution is -2.14. The molecule has 0 atom stereocenters. The molecule has 0 fully saturated rings. The van der Waals surface area contributed by atoms with E-state index in [2.05, 4.69) is 24.6 Å². The molecule has 0 aliphatic heterocycles. The topological polar surface area (TPSA) is 34.4 Å². The third-order valence-corrected chi connectivity index (χ3v) is 3.78. The van der Waals surface area contributed by atoms with Gasteiger partial charge in [-0.25, -0.2) is 0 Å². The van der Waals surface area contributed by atoms with Gasteiger partial charge < -0.3 is 14.5 Å². The first-order valence-electron chi connectivity index (χ1n) is 6.87. The summed E-state index contributed by atoms with van der Waals surface area (Å²) in [4.78, 5) is 1.15. The molecule has 108 valence electrons. The summed E-state index contributed by atoms with van der Waals surface area (Å²) >= 11 is 1.69. The Morgan fingerprint density at radius 3 is 2.90 bits per heavy atom.